The molecular weight excluding hydrogens is 481 g/mol. The number of nitrogens with one attached hydrogen (secondary N) is 1. The molecule has 1 fully saturated rings. The van der Waals surface area contributed by atoms with Crippen molar-refractivity contribution < 1.29 is 9.53 Å². The number of halogens is 1. The van der Waals surface area contributed by atoms with Gasteiger partial charge in [-0.05, 0) is 44.4 Å². The molecule has 0 radical (unpaired) electrons. The van der Waals surface area contributed by atoms with E-state index in [4.69, 9.17) is 4.74 Å². The lowest BCUT2D eigenvalue weighted by Crippen LogP contribution is -2.46. The summed E-state index contributed by atoms with van der Waals surface area (Å²) in [6, 6.07) is 10.3. The number of aromatic nitrogens is 2. The van der Waals surface area contributed by atoms with Crippen LogP contribution in [0.5, 0.6) is 0 Å². The van der Waals surface area contributed by atoms with Crippen LogP contribution in [-0.4, -0.2) is 53.9 Å². The van der Waals surface area contributed by atoms with Crippen LogP contribution in [0.1, 0.15) is 29.8 Å². The summed E-state index contributed by atoms with van der Waals surface area (Å²) in [5, 5.41) is 8.08. The van der Waals surface area contributed by atoms with E-state index in [1.165, 1.54) is 7.11 Å². The summed E-state index contributed by atoms with van der Waals surface area (Å²) < 4.78 is 6.86. The maximum Gasteiger partial charge on any atom is 0.308 e. The van der Waals surface area contributed by atoms with Crippen LogP contribution in [0, 0.1) is 19.8 Å². The first-order valence-corrected chi connectivity index (χ1v) is 9.68. The summed E-state index contributed by atoms with van der Waals surface area (Å²) in [5.41, 5.74) is 4.34. The van der Waals surface area contributed by atoms with Gasteiger partial charge in [0.15, 0.2) is 5.96 Å². The largest absolute Gasteiger partial charge is 0.469 e. The van der Waals surface area contributed by atoms with Crippen molar-refractivity contribution in [1.29, 1.82) is 0 Å². The zero-order valence-electron chi connectivity index (χ0n) is 17.5. The third-order valence-electron chi connectivity index (χ3n) is 5.21. The smallest absolute Gasteiger partial charge is 0.308 e. The summed E-state index contributed by atoms with van der Waals surface area (Å²) >= 11 is 0. The van der Waals surface area contributed by atoms with E-state index < -0.39 is 0 Å². The number of rotatable bonds is 4. The molecule has 1 N–H and O–H groups in total. The molecule has 1 saturated heterocycles. The summed E-state index contributed by atoms with van der Waals surface area (Å²) in [5.74, 6) is 0.735. The maximum absolute atomic E-state index is 11.7. The van der Waals surface area contributed by atoms with E-state index in [0.717, 1.165) is 54.5 Å². The van der Waals surface area contributed by atoms with Gasteiger partial charge in [-0.25, -0.2) is 4.68 Å². The SMILES string of the molecule is CN=C(NCc1ccccc1-n1nc(C)cc1C)N1CCC(C(=O)OC)CC1.I. The van der Waals surface area contributed by atoms with Crippen LogP contribution >= 0.6 is 24.0 Å². The third kappa shape index (κ3) is 5.49. The average molecular weight is 511 g/mol. The molecule has 29 heavy (non-hydrogen) atoms. The van der Waals surface area contributed by atoms with Crippen LogP contribution in [0.15, 0.2) is 35.3 Å². The average Bonchev–Trinajstić information content (AvgIpc) is 3.06. The quantitative estimate of drug-likeness (QED) is 0.296. The Morgan fingerprint density at radius 3 is 2.55 bits per heavy atom. The van der Waals surface area contributed by atoms with Gasteiger partial charge in [0.05, 0.1) is 24.4 Å². The Labute approximate surface area is 189 Å². The van der Waals surface area contributed by atoms with Crippen molar-refractivity contribution in [3.8, 4) is 5.69 Å². The van der Waals surface area contributed by atoms with Gasteiger partial charge in [-0.3, -0.25) is 9.79 Å². The molecule has 2 aromatic rings. The van der Waals surface area contributed by atoms with Crippen LogP contribution < -0.4 is 5.32 Å². The molecule has 1 aromatic carbocycles. The molecular formula is C21H30IN5O2. The summed E-state index contributed by atoms with van der Waals surface area (Å²) in [6.45, 7) is 6.30. The highest BCUT2D eigenvalue weighted by Crippen LogP contribution is 2.20. The second-order valence-corrected chi connectivity index (χ2v) is 7.15. The van der Waals surface area contributed by atoms with E-state index >= 15 is 0 Å². The molecule has 0 atom stereocenters. The lowest BCUT2D eigenvalue weighted by molar-refractivity contribution is -0.146. The number of likely N-dealkylation sites (tertiary alicyclic amines) is 1. The Morgan fingerprint density at radius 1 is 1.28 bits per heavy atom. The monoisotopic (exact) mass is 511 g/mol. The van der Waals surface area contributed by atoms with E-state index in [9.17, 15) is 4.79 Å². The van der Waals surface area contributed by atoms with Crippen molar-refractivity contribution in [1.82, 2.24) is 20.0 Å². The number of benzene rings is 1. The van der Waals surface area contributed by atoms with E-state index in [2.05, 4.69) is 45.4 Å². The van der Waals surface area contributed by atoms with Crippen LogP contribution in [0.2, 0.25) is 0 Å². The molecule has 0 bridgehead atoms. The van der Waals surface area contributed by atoms with Crippen molar-refractivity contribution in [3.05, 3.63) is 47.3 Å². The van der Waals surface area contributed by atoms with E-state index in [1.807, 2.05) is 23.7 Å². The molecule has 0 unspecified atom stereocenters. The van der Waals surface area contributed by atoms with E-state index in [-0.39, 0.29) is 35.9 Å². The lowest BCUT2D eigenvalue weighted by atomic mass is 9.97. The fourth-order valence-corrected chi connectivity index (χ4v) is 3.74. The first-order valence-electron chi connectivity index (χ1n) is 9.68. The number of hydrogen-bond donors (Lipinski definition) is 1. The molecule has 1 aliphatic rings. The Bertz CT molecular complexity index is 857. The second kappa shape index (κ2) is 10.6. The number of para-hydroxylation sites is 1. The zero-order valence-corrected chi connectivity index (χ0v) is 19.8. The summed E-state index contributed by atoms with van der Waals surface area (Å²) in [7, 11) is 3.25. The normalized spacial score (nSPS) is 15.0. The Hall–Kier alpha value is -2.10. The lowest BCUT2D eigenvalue weighted by Gasteiger charge is -2.33. The first-order chi connectivity index (χ1) is 13.5. The number of piperidine rings is 1. The van der Waals surface area contributed by atoms with Gasteiger partial charge < -0.3 is 15.0 Å². The maximum atomic E-state index is 11.7. The minimum Gasteiger partial charge on any atom is -0.469 e. The number of aliphatic imine (C=N–C) groups is 1. The van der Waals surface area contributed by atoms with Gasteiger partial charge in [-0.1, -0.05) is 18.2 Å². The van der Waals surface area contributed by atoms with Gasteiger partial charge >= 0.3 is 5.97 Å². The molecule has 7 nitrogen and oxygen atoms in total. The van der Waals surface area contributed by atoms with Gasteiger partial charge in [-0.2, -0.15) is 5.10 Å². The number of esters is 1. The zero-order chi connectivity index (χ0) is 20.1. The van der Waals surface area contributed by atoms with Crippen LogP contribution in [0.3, 0.4) is 0 Å². The predicted molar refractivity (Wildman–Crippen MR) is 125 cm³/mol. The minimum atomic E-state index is -0.110. The van der Waals surface area contributed by atoms with Crippen LogP contribution in [0.4, 0.5) is 0 Å². The third-order valence-corrected chi connectivity index (χ3v) is 5.21. The highest BCUT2D eigenvalue weighted by atomic mass is 127. The fraction of sp³-hybridized carbons (Fsp3) is 0.476. The Balaban J connectivity index is 0.00000300. The molecule has 2 heterocycles. The van der Waals surface area contributed by atoms with Gasteiger partial charge in [0.25, 0.3) is 0 Å². The van der Waals surface area contributed by atoms with Crippen molar-refractivity contribution in [3.63, 3.8) is 0 Å². The minimum absolute atomic E-state index is 0. The molecule has 0 aliphatic carbocycles. The van der Waals surface area contributed by atoms with Gasteiger partial charge in [0.2, 0.25) is 0 Å². The predicted octanol–water partition coefficient (Wildman–Crippen LogP) is 3.07. The van der Waals surface area contributed by atoms with Gasteiger partial charge in [0.1, 0.15) is 0 Å². The van der Waals surface area contributed by atoms with E-state index in [0.29, 0.717) is 6.54 Å². The van der Waals surface area contributed by atoms with Crippen molar-refractivity contribution in [2.75, 3.05) is 27.2 Å². The van der Waals surface area contributed by atoms with Crippen molar-refractivity contribution >= 4 is 35.9 Å². The Kier molecular flexibility index (Phi) is 8.48. The summed E-state index contributed by atoms with van der Waals surface area (Å²) in [4.78, 5) is 18.4. The highest BCUT2D eigenvalue weighted by Gasteiger charge is 2.27. The number of carbonyl (C=O) groups is 1. The van der Waals surface area contributed by atoms with Crippen LogP contribution in [0.25, 0.3) is 5.69 Å². The molecule has 3 rings (SSSR count). The van der Waals surface area contributed by atoms with Gasteiger partial charge in [0, 0.05) is 32.4 Å². The summed E-state index contributed by atoms with van der Waals surface area (Å²) in [6.07, 6.45) is 1.57. The number of ether oxygens (including phenoxy) is 1. The number of methoxy groups -OCH3 is 1. The second-order valence-electron chi connectivity index (χ2n) is 7.15. The van der Waals surface area contributed by atoms with Gasteiger partial charge in [-0.15, -0.1) is 24.0 Å². The standard InChI is InChI=1S/C21H29N5O2.HI/c1-15-13-16(2)26(24-15)19-8-6-5-7-18(19)14-23-21(22-3)25-11-9-17(10-12-25)20(27)28-4;/h5-8,13,17H,9-12,14H2,1-4H3,(H,22,23);1H. The molecule has 1 aliphatic heterocycles. The van der Waals surface area contributed by atoms with E-state index in [1.54, 1.807) is 7.05 Å². The molecule has 1 aromatic heterocycles. The number of aryl methyl sites for hydroxylation is 2. The molecule has 8 heteroatoms. The highest BCUT2D eigenvalue weighted by molar-refractivity contribution is 14.0. The number of carbonyl (C=O) groups excluding carboxylic acids is 1. The van der Waals surface area contributed by atoms with Crippen LogP contribution in [-0.2, 0) is 16.1 Å². The first kappa shape index (κ1) is 23.2. The topological polar surface area (TPSA) is 71.8 Å². The van der Waals surface area contributed by atoms with Crippen molar-refractivity contribution in [2.24, 2.45) is 10.9 Å². The van der Waals surface area contributed by atoms with Crippen molar-refractivity contribution in [2.45, 2.75) is 33.2 Å². The number of nitrogens with zero attached hydrogens (tertiary/aromatic N) is 4. The molecule has 0 amide bonds. The molecule has 158 valence electrons. The fourth-order valence-electron chi connectivity index (χ4n) is 3.74. The number of hydrogen-bond acceptors (Lipinski definition) is 4. The molecule has 0 saturated carbocycles. The Morgan fingerprint density at radius 2 is 1.97 bits per heavy atom. The number of guanidine groups is 1. The molecule has 0 spiro atoms.